The van der Waals surface area contributed by atoms with Crippen LogP contribution in [0.15, 0.2) is 36.4 Å². The van der Waals surface area contributed by atoms with Gasteiger partial charge in [0.2, 0.25) is 0 Å². The van der Waals surface area contributed by atoms with Crippen LogP contribution in [0.3, 0.4) is 0 Å². The minimum absolute atomic E-state index is 0.0396. The van der Waals surface area contributed by atoms with E-state index in [-0.39, 0.29) is 8.46 Å². The molecule has 0 aliphatic rings. The molecule has 1 aromatic rings. The first kappa shape index (κ1) is 9.64. The van der Waals surface area contributed by atoms with Crippen LogP contribution in [0, 0.1) is 11.3 Å². The lowest BCUT2D eigenvalue weighted by atomic mass is 10.1. The molecule has 0 bridgehead atoms. The Hall–Kier alpha value is -1.45. The Morgan fingerprint density at radius 2 is 2.15 bits per heavy atom. The average molecular weight is 189 g/mol. The molecule has 0 aliphatic carbocycles. The average Bonchev–Trinajstić information content (AvgIpc) is 2.19. The highest BCUT2D eigenvalue weighted by Gasteiger charge is 1.99. The molecular weight excluding hydrogens is 181 g/mol. The van der Waals surface area contributed by atoms with Crippen molar-refractivity contribution in [1.82, 2.24) is 0 Å². The monoisotopic (exact) mass is 189 g/mol. The van der Waals surface area contributed by atoms with Gasteiger partial charge in [0.15, 0.2) is 8.46 Å². The van der Waals surface area contributed by atoms with E-state index in [1.807, 2.05) is 36.4 Å². The van der Waals surface area contributed by atoms with E-state index in [0.29, 0.717) is 6.16 Å². The van der Waals surface area contributed by atoms with Crippen molar-refractivity contribution in [3.05, 3.63) is 42.0 Å². The third kappa shape index (κ3) is 2.82. The van der Waals surface area contributed by atoms with Gasteiger partial charge in [-0.2, -0.15) is 5.26 Å². The van der Waals surface area contributed by atoms with Crippen LogP contribution >= 0.6 is 8.46 Å². The highest BCUT2D eigenvalue weighted by atomic mass is 31.1. The van der Waals surface area contributed by atoms with Crippen molar-refractivity contribution in [2.45, 2.75) is 0 Å². The number of hydrogen-bond donors (Lipinski definition) is 0. The van der Waals surface area contributed by atoms with Crippen molar-refractivity contribution in [2.24, 2.45) is 0 Å². The third-order valence-electron chi connectivity index (χ3n) is 1.62. The lowest BCUT2D eigenvalue weighted by Gasteiger charge is -1.99. The number of benzene rings is 1. The molecule has 0 N–H and O–H groups in total. The predicted octanol–water partition coefficient (Wildman–Crippen LogP) is 2.89. The number of nitrogens with zero attached hydrogens (tertiary/aromatic N) is 1. The third-order valence-corrected chi connectivity index (χ3v) is 2.09. The standard InChI is InChI=1S/C10H8NOP/c11-7-6-10(8-13-12)9-4-2-1-3-5-9/h1-6H,8H2/b10-6-. The van der Waals surface area contributed by atoms with Crippen molar-refractivity contribution in [1.29, 1.82) is 5.26 Å². The fourth-order valence-corrected chi connectivity index (χ4v) is 1.43. The normalized spacial score (nSPS) is 11.2. The molecule has 0 saturated carbocycles. The largest absolute Gasteiger partial charge is 0.275 e. The van der Waals surface area contributed by atoms with Crippen LogP contribution in [0.5, 0.6) is 0 Å². The van der Waals surface area contributed by atoms with Gasteiger partial charge in [-0.3, -0.25) is 4.57 Å². The molecule has 0 fully saturated rings. The summed E-state index contributed by atoms with van der Waals surface area (Å²) in [5.41, 5.74) is 1.76. The number of allylic oxidation sites excluding steroid dienone is 2. The first-order chi connectivity index (χ1) is 6.38. The van der Waals surface area contributed by atoms with Crippen molar-refractivity contribution in [3.8, 4) is 6.07 Å². The highest BCUT2D eigenvalue weighted by Crippen LogP contribution is 2.17. The smallest absolute Gasteiger partial charge is 0.160 e. The quantitative estimate of drug-likeness (QED) is 0.541. The molecular formula is C10H8NOP. The van der Waals surface area contributed by atoms with E-state index in [2.05, 4.69) is 0 Å². The summed E-state index contributed by atoms with van der Waals surface area (Å²) in [4.78, 5) is 0. The summed E-state index contributed by atoms with van der Waals surface area (Å²) in [6, 6.07) is 11.4. The van der Waals surface area contributed by atoms with Crippen LogP contribution < -0.4 is 0 Å². The molecule has 2 nitrogen and oxygen atoms in total. The number of hydrogen-bond acceptors (Lipinski definition) is 2. The minimum Gasteiger partial charge on any atom is -0.275 e. The molecule has 0 aromatic heterocycles. The van der Waals surface area contributed by atoms with Gasteiger partial charge >= 0.3 is 0 Å². The molecule has 1 rings (SSSR count). The molecule has 0 radical (unpaired) electrons. The summed E-state index contributed by atoms with van der Waals surface area (Å²) in [6.45, 7) is 0. The first-order valence-electron chi connectivity index (χ1n) is 3.81. The van der Waals surface area contributed by atoms with E-state index in [1.54, 1.807) is 0 Å². The van der Waals surface area contributed by atoms with Gasteiger partial charge in [0.05, 0.1) is 12.2 Å². The second kappa shape index (κ2) is 5.24. The van der Waals surface area contributed by atoms with Crippen molar-refractivity contribution < 1.29 is 4.57 Å². The Bertz CT molecular complexity index is 351. The van der Waals surface area contributed by atoms with Crippen LogP contribution in [0.1, 0.15) is 5.56 Å². The zero-order valence-corrected chi connectivity index (χ0v) is 7.87. The lowest BCUT2D eigenvalue weighted by molar-refractivity contribution is 0.600. The fraction of sp³-hybridized carbons (Fsp3) is 0.100. The molecule has 0 amide bonds. The van der Waals surface area contributed by atoms with Crippen LogP contribution in [0.2, 0.25) is 0 Å². The summed E-state index contributed by atoms with van der Waals surface area (Å²) in [7, 11) is 0.0396. The molecule has 0 aliphatic heterocycles. The van der Waals surface area contributed by atoms with Crippen molar-refractivity contribution >= 4 is 14.0 Å². The summed E-state index contributed by atoms with van der Waals surface area (Å²) in [5.74, 6) is 0. The van der Waals surface area contributed by atoms with Gasteiger partial charge in [-0.05, 0) is 11.1 Å². The zero-order valence-electron chi connectivity index (χ0n) is 6.97. The van der Waals surface area contributed by atoms with E-state index < -0.39 is 0 Å². The van der Waals surface area contributed by atoms with E-state index >= 15 is 0 Å². The molecule has 0 heterocycles. The van der Waals surface area contributed by atoms with Gasteiger partial charge < -0.3 is 0 Å². The van der Waals surface area contributed by atoms with Gasteiger partial charge in [0.1, 0.15) is 0 Å². The Morgan fingerprint density at radius 3 is 2.69 bits per heavy atom. The van der Waals surface area contributed by atoms with Crippen LogP contribution in [0.4, 0.5) is 0 Å². The Morgan fingerprint density at radius 1 is 1.46 bits per heavy atom. The first-order valence-corrected chi connectivity index (χ1v) is 4.81. The SMILES string of the molecule is N#C/C=C(/CP=O)c1ccccc1. The number of nitriles is 1. The van der Waals surface area contributed by atoms with Crippen LogP contribution in [-0.2, 0) is 4.57 Å². The van der Waals surface area contributed by atoms with Gasteiger partial charge in [0, 0.05) is 6.08 Å². The molecule has 1 aromatic carbocycles. The molecule has 0 unspecified atom stereocenters. The van der Waals surface area contributed by atoms with Crippen LogP contribution in [0.25, 0.3) is 5.57 Å². The van der Waals surface area contributed by atoms with Crippen molar-refractivity contribution in [3.63, 3.8) is 0 Å². The summed E-state index contributed by atoms with van der Waals surface area (Å²) < 4.78 is 10.4. The molecule has 13 heavy (non-hydrogen) atoms. The molecule has 0 spiro atoms. The number of rotatable bonds is 3. The maximum Gasteiger partial charge on any atom is 0.160 e. The second-order valence-electron chi connectivity index (χ2n) is 2.45. The van der Waals surface area contributed by atoms with Gasteiger partial charge in [-0.25, -0.2) is 0 Å². The summed E-state index contributed by atoms with van der Waals surface area (Å²) in [6.07, 6.45) is 1.82. The molecule has 3 heteroatoms. The molecule has 0 atom stereocenters. The maximum absolute atomic E-state index is 10.4. The van der Waals surface area contributed by atoms with Gasteiger partial charge in [-0.1, -0.05) is 30.3 Å². The predicted molar refractivity (Wildman–Crippen MR) is 52.5 cm³/mol. The van der Waals surface area contributed by atoms with E-state index in [1.165, 1.54) is 6.08 Å². The topological polar surface area (TPSA) is 40.9 Å². The van der Waals surface area contributed by atoms with Gasteiger partial charge in [-0.15, -0.1) is 0 Å². The summed E-state index contributed by atoms with van der Waals surface area (Å²) >= 11 is 0. The Kier molecular flexibility index (Phi) is 3.88. The lowest BCUT2D eigenvalue weighted by Crippen LogP contribution is -1.84. The second-order valence-corrected chi connectivity index (χ2v) is 3.03. The molecule has 64 valence electrons. The summed E-state index contributed by atoms with van der Waals surface area (Å²) in [5, 5.41) is 8.49. The Balaban J connectivity index is 2.97. The van der Waals surface area contributed by atoms with E-state index in [9.17, 15) is 4.57 Å². The van der Waals surface area contributed by atoms with Crippen molar-refractivity contribution in [2.75, 3.05) is 6.16 Å². The van der Waals surface area contributed by atoms with E-state index in [4.69, 9.17) is 5.26 Å². The zero-order chi connectivity index (χ0) is 9.52. The Labute approximate surface area is 78.7 Å². The maximum atomic E-state index is 10.4. The highest BCUT2D eigenvalue weighted by molar-refractivity contribution is 7.24. The van der Waals surface area contributed by atoms with Gasteiger partial charge in [0.25, 0.3) is 0 Å². The minimum atomic E-state index is 0.0396. The van der Waals surface area contributed by atoms with Crippen LogP contribution in [-0.4, -0.2) is 6.16 Å². The fourth-order valence-electron chi connectivity index (χ4n) is 1.02. The van der Waals surface area contributed by atoms with E-state index in [0.717, 1.165) is 11.1 Å². The molecule has 0 saturated heterocycles.